The maximum Gasteiger partial charge on any atom is 0.573 e. The predicted octanol–water partition coefficient (Wildman–Crippen LogP) is 3.58. The summed E-state index contributed by atoms with van der Waals surface area (Å²) >= 11 is 0. The Morgan fingerprint density at radius 1 is 1.15 bits per heavy atom. The summed E-state index contributed by atoms with van der Waals surface area (Å²) in [5.41, 5.74) is -0.319. The van der Waals surface area contributed by atoms with Gasteiger partial charge in [0.25, 0.3) is 0 Å². The summed E-state index contributed by atoms with van der Waals surface area (Å²) in [6.07, 6.45) is -3.39. The first-order valence-electron chi connectivity index (χ1n) is 8.36. The van der Waals surface area contributed by atoms with Crippen LogP contribution in [0.2, 0.25) is 0 Å². The highest BCUT2D eigenvalue weighted by Gasteiger charge is 2.36. The lowest BCUT2D eigenvalue weighted by molar-refractivity contribution is -0.274. The van der Waals surface area contributed by atoms with Gasteiger partial charge in [-0.25, -0.2) is 0 Å². The van der Waals surface area contributed by atoms with Crippen molar-refractivity contribution >= 4 is 11.9 Å². The molecule has 1 saturated heterocycles. The zero-order valence-electron chi connectivity index (χ0n) is 14.7. The molecule has 0 unspecified atom stereocenters. The Bertz CT molecular complexity index is 647. The molecule has 8 heteroatoms. The third-order valence-corrected chi connectivity index (χ3v) is 4.71. The van der Waals surface area contributed by atoms with E-state index >= 15 is 0 Å². The minimum atomic E-state index is -4.76. The van der Waals surface area contributed by atoms with Crippen LogP contribution in [0.3, 0.4) is 0 Å². The Kier molecular flexibility index (Phi) is 5.83. The van der Waals surface area contributed by atoms with Gasteiger partial charge in [-0.1, -0.05) is 12.1 Å². The molecule has 1 aromatic rings. The average Bonchev–Trinajstić information content (AvgIpc) is 2.53. The van der Waals surface area contributed by atoms with Gasteiger partial charge < -0.3 is 14.7 Å². The second-order valence-electron chi connectivity index (χ2n) is 7.03. The third-order valence-electron chi connectivity index (χ3n) is 4.71. The molecule has 0 bridgehead atoms. The molecular weight excluding hydrogens is 351 g/mol. The number of amides is 1. The van der Waals surface area contributed by atoms with Gasteiger partial charge in [0.15, 0.2) is 0 Å². The molecule has 1 heterocycles. The smallest absolute Gasteiger partial charge is 0.481 e. The van der Waals surface area contributed by atoms with Crippen LogP contribution in [0.5, 0.6) is 5.75 Å². The maximum absolute atomic E-state index is 12.9. The van der Waals surface area contributed by atoms with E-state index in [9.17, 15) is 22.8 Å². The van der Waals surface area contributed by atoms with Crippen LogP contribution in [0.4, 0.5) is 13.2 Å². The fraction of sp³-hybridized carbons (Fsp3) is 0.556. The van der Waals surface area contributed by atoms with E-state index in [1.54, 1.807) is 18.7 Å². The molecule has 1 amide bonds. The topological polar surface area (TPSA) is 66.8 Å². The Morgan fingerprint density at radius 2 is 1.69 bits per heavy atom. The SMILES string of the molecule is CC(C)(C(=O)N1CCC(CC(=O)O)CC1)c1ccc(OC(F)(F)F)cc1. The number of hydrogen-bond acceptors (Lipinski definition) is 3. The van der Waals surface area contributed by atoms with Crippen LogP contribution in [0.25, 0.3) is 0 Å². The molecule has 0 radical (unpaired) electrons. The Morgan fingerprint density at radius 3 is 2.15 bits per heavy atom. The molecule has 0 aromatic heterocycles. The molecule has 1 N–H and O–H groups in total. The van der Waals surface area contributed by atoms with Crippen molar-refractivity contribution < 1.29 is 32.6 Å². The molecule has 5 nitrogen and oxygen atoms in total. The van der Waals surface area contributed by atoms with Crippen molar-refractivity contribution in [3.8, 4) is 5.75 Å². The molecule has 1 aliphatic heterocycles. The number of aliphatic carboxylic acids is 1. The van der Waals surface area contributed by atoms with Crippen molar-refractivity contribution in [2.45, 2.75) is 44.9 Å². The number of hydrogen-bond donors (Lipinski definition) is 1. The Labute approximate surface area is 149 Å². The summed E-state index contributed by atoms with van der Waals surface area (Å²) in [7, 11) is 0. The zero-order valence-corrected chi connectivity index (χ0v) is 14.7. The van der Waals surface area contributed by atoms with Crippen LogP contribution in [-0.4, -0.2) is 41.3 Å². The number of halogens is 3. The molecule has 0 saturated carbocycles. The van der Waals surface area contributed by atoms with Gasteiger partial charge in [-0.05, 0) is 50.3 Å². The lowest BCUT2D eigenvalue weighted by Gasteiger charge is -2.37. The molecular formula is C18H22F3NO4. The Balaban J connectivity index is 2.02. The van der Waals surface area contributed by atoms with Gasteiger partial charge >= 0.3 is 12.3 Å². The van der Waals surface area contributed by atoms with Gasteiger partial charge in [-0.2, -0.15) is 0 Å². The van der Waals surface area contributed by atoms with Crippen molar-refractivity contribution in [3.63, 3.8) is 0 Å². The van der Waals surface area contributed by atoms with E-state index in [0.29, 0.717) is 31.5 Å². The number of benzene rings is 1. The summed E-state index contributed by atoms with van der Waals surface area (Å²) in [6.45, 7) is 4.40. The predicted molar refractivity (Wildman–Crippen MR) is 87.7 cm³/mol. The molecule has 1 fully saturated rings. The summed E-state index contributed by atoms with van der Waals surface area (Å²) in [5.74, 6) is -1.23. The van der Waals surface area contributed by atoms with E-state index < -0.39 is 17.7 Å². The number of carbonyl (C=O) groups is 2. The van der Waals surface area contributed by atoms with E-state index in [0.717, 1.165) is 0 Å². The summed E-state index contributed by atoms with van der Waals surface area (Å²) in [6, 6.07) is 5.29. The van der Waals surface area contributed by atoms with Crippen LogP contribution in [0.1, 0.15) is 38.7 Å². The molecule has 1 aliphatic rings. The van der Waals surface area contributed by atoms with E-state index in [2.05, 4.69) is 4.74 Å². The largest absolute Gasteiger partial charge is 0.573 e. The van der Waals surface area contributed by atoms with Crippen LogP contribution < -0.4 is 4.74 Å². The van der Waals surface area contributed by atoms with Crippen molar-refractivity contribution in [2.24, 2.45) is 5.92 Å². The number of carboxylic acids is 1. The minimum absolute atomic E-state index is 0.0680. The number of carboxylic acid groups (broad SMARTS) is 1. The van der Waals surface area contributed by atoms with Crippen LogP contribution in [0.15, 0.2) is 24.3 Å². The lowest BCUT2D eigenvalue weighted by atomic mass is 9.82. The van der Waals surface area contributed by atoms with Crippen molar-refractivity contribution in [1.82, 2.24) is 4.90 Å². The van der Waals surface area contributed by atoms with Crippen molar-refractivity contribution in [3.05, 3.63) is 29.8 Å². The number of alkyl halides is 3. The van der Waals surface area contributed by atoms with Crippen LogP contribution >= 0.6 is 0 Å². The quantitative estimate of drug-likeness (QED) is 0.857. The van der Waals surface area contributed by atoms with Gasteiger partial charge in [-0.3, -0.25) is 9.59 Å². The second kappa shape index (κ2) is 7.55. The lowest BCUT2D eigenvalue weighted by Crippen LogP contribution is -2.47. The number of likely N-dealkylation sites (tertiary alicyclic amines) is 1. The third kappa shape index (κ3) is 5.12. The first-order chi connectivity index (χ1) is 12.0. The molecule has 26 heavy (non-hydrogen) atoms. The zero-order chi connectivity index (χ0) is 19.5. The fourth-order valence-electron chi connectivity index (χ4n) is 3.18. The van der Waals surface area contributed by atoms with E-state index in [4.69, 9.17) is 5.11 Å². The normalized spacial score (nSPS) is 16.4. The first kappa shape index (κ1) is 20.1. The van der Waals surface area contributed by atoms with Crippen molar-refractivity contribution in [2.75, 3.05) is 13.1 Å². The molecule has 1 aromatic carbocycles. The summed E-state index contributed by atoms with van der Waals surface area (Å²) in [4.78, 5) is 25.3. The molecule has 144 valence electrons. The number of rotatable bonds is 5. The fourth-order valence-corrected chi connectivity index (χ4v) is 3.18. The number of carbonyl (C=O) groups excluding carboxylic acids is 1. The molecule has 0 aliphatic carbocycles. The van der Waals surface area contributed by atoms with Gasteiger partial charge in [0.2, 0.25) is 5.91 Å². The minimum Gasteiger partial charge on any atom is -0.481 e. The highest BCUT2D eigenvalue weighted by atomic mass is 19.4. The number of piperidine rings is 1. The van der Waals surface area contributed by atoms with E-state index in [1.165, 1.54) is 24.3 Å². The van der Waals surface area contributed by atoms with Gasteiger partial charge in [0.05, 0.1) is 5.41 Å². The van der Waals surface area contributed by atoms with Crippen LogP contribution in [-0.2, 0) is 15.0 Å². The maximum atomic E-state index is 12.9. The van der Waals surface area contributed by atoms with E-state index in [-0.39, 0.29) is 24.0 Å². The molecule has 0 spiro atoms. The second-order valence-corrected chi connectivity index (χ2v) is 7.03. The standard InChI is InChI=1S/C18H22F3NO4/c1-17(2,13-3-5-14(6-4-13)26-18(19,20)21)16(25)22-9-7-12(8-10-22)11-15(23)24/h3-6,12H,7-11H2,1-2H3,(H,23,24). The monoisotopic (exact) mass is 373 g/mol. The molecule has 0 atom stereocenters. The van der Waals surface area contributed by atoms with Crippen LogP contribution in [0, 0.1) is 5.92 Å². The first-order valence-corrected chi connectivity index (χ1v) is 8.36. The summed E-state index contributed by atoms with van der Waals surface area (Å²) in [5, 5.41) is 8.85. The highest BCUT2D eigenvalue weighted by molar-refractivity contribution is 5.87. The Hall–Kier alpha value is -2.25. The number of ether oxygens (including phenoxy) is 1. The highest BCUT2D eigenvalue weighted by Crippen LogP contribution is 2.31. The van der Waals surface area contributed by atoms with Gasteiger partial charge in [0.1, 0.15) is 5.75 Å². The molecule has 2 rings (SSSR count). The average molecular weight is 373 g/mol. The van der Waals surface area contributed by atoms with Gasteiger partial charge in [0, 0.05) is 19.5 Å². The van der Waals surface area contributed by atoms with Gasteiger partial charge in [-0.15, -0.1) is 13.2 Å². The summed E-state index contributed by atoms with van der Waals surface area (Å²) < 4.78 is 40.6. The van der Waals surface area contributed by atoms with E-state index in [1.807, 2.05) is 0 Å². The number of nitrogens with zero attached hydrogens (tertiary/aromatic N) is 1. The van der Waals surface area contributed by atoms with Crippen molar-refractivity contribution in [1.29, 1.82) is 0 Å².